The van der Waals surface area contributed by atoms with E-state index in [2.05, 4.69) is 10.1 Å². The molecule has 2 aromatic heterocycles. The first-order valence-corrected chi connectivity index (χ1v) is 10.0. The molecule has 1 aromatic carbocycles. The molecule has 0 bridgehead atoms. The summed E-state index contributed by atoms with van der Waals surface area (Å²) in [4.78, 5) is 16.4. The summed E-state index contributed by atoms with van der Waals surface area (Å²) < 4.78 is 48.2. The highest BCUT2D eigenvalue weighted by Gasteiger charge is 2.39. The van der Waals surface area contributed by atoms with Crippen LogP contribution in [-0.4, -0.2) is 27.3 Å². The Morgan fingerprint density at radius 1 is 1.23 bits per heavy atom. The Morgan fingerprint density at radius 2 is 1.97 bits per heavy atom. The first kappa shape index (κ1) is 20.9. The van der Waals surface area contributed by atoms with Crippen LogP contribution in [0.1, 0.15) is 36.9 Å². The van der Waals surface area contributed by atoms with Crippen molar-refractivity contribution in [3.8, 4) is 11.3 Å². The van der Waals surface area contributed by atoms with E-state index in [9.17, 15) is 18.0 Å². The number of rotatable bonds is 5. The molecule has 0 radical (unpaired) electrons. The first-order valence-electron chi connectivity index (χ1n) is 9.28. The summed E-state index contributed by atoms with van der Waals surface area (Å²) in [6, 6.07) is 5.47. The highest BCUT2D eigenvalue weighted by atomic mass is 35.5. The van der Waals surface area contributed by atoms with E-state index < -0.39 is 17.7 Å². The van der Waals surface area contributed by atoms with E-state index in [1.165, 1.54) is 22.9 Å². The molecule has 30 heavy (non-hydrogen) atoms. The Balaban J connectivity index is 1.96. The van der Waals surface area contributed by atoms with E-state index in [0.29, 0.717) is 11.3 Å². The topological polar surface area (TPSA) is 57.0 Å². The molecule has 0 aliphatic heterocycles. The molecular formula is C20H16Cl2F3N3O2. The lowest BCUT2D eigenvalue weighted by Crippen LogP contribution is -2.15. The van der Waals surface area contributed by atoms with Crippen molar-refractivity contribution in [2.75, 3.05) is 6.61 Å². The average Bonchev–Trinajstić information content (AvgIpc) is 3.46. The first-order chi connectivity index (χ1) is 14.2. The van der Waals surface area contributed by atoms with Crippen molar-refractivity contribution in [2.45, 2.75) is 38.4 Å². The highest BCUT2D eigenvalue weighted by molar-refractivity contribution is 6.42. The van der Waals surface area contributed by atoms with Crippen molar-refractivity contribution in [1.29, 1.82) is 0 Å². The van der Waals surface area contributed by atoms with Gasteiger partial charge in [-0.05, 0) is 38.0 Å². The maximum atomic E-state index is 14.0. The maximum Gasteiger partial charge on any atom is 0.417 e. The number of halogens is 5. The number of hydrogen-bond donors (Lipinski definition) is 0. The van der Waals surface area contributed by atoms with Crippen LogP contribution in [-0.2, 0) is 22.3 Å². The molecule has 4 rings (SSSR count). The molecule has 0 saturated heterocycles. The number of pyridine rings is 1. The van der Waals surface area contributed by atoms with Crippen LogP contribution < -0.4 is 0 Å². The summed E-state index contributed by atoms with van der Waals surface area (Å²) in [6.07, 6.45) is -3.14. The van der Waals surface area contributed by atoms with Gasteiger partial charge in [0.1, 0.15) is 6.54 Å². The number of ether oxygens (including phenoxy) is 1. The third-order valence-corrected chi connectivity index (χ3v) is 5.54. The third kappa shape index (κ3) is 3.98. The second-order valence-corrected chi connectivity index (χ2v) is 7.82. The fraction of sp³-hybridized carbons (Fsp3) is 0.350. The monoisotopic (exact) mass is 457 g/mol. The molecule has 0 atom stereocenters. The zero-order valence-electron chi connectivity index (χ0n) is 15.8. The summed E-state index contributed by atoms with van der Waals surface area (Å²) in [5.74, 6) is -0.672. The molecule has 1 aliphatic rings. The summed E-state index contributed by atoms with van der Waals surface area (Å²) in [5.41, 5.74) is -0.115. The van der Waals surface area contributed by atoms with Crippen molar-refractivity contribution in [3.63, 3.8) is 0 Å². The van der Waals surface area contributed by atoms with E-state index in [4.69, 9.17) is 27.9 Å². The van der Waals surface area contributed by atoms with Gasteiger partial charge in [0.15, 0.2) is 5.65 Å². The predicted octanol–water partition coefficient (Wildman–Crippen LogP) is 5.86. The number of hydrogen-bond acceptors (Lipinski definition) is 4. The quantitative estimate of drug-likeness (QED) is 0.449. The van der Waals surface area contributed by atoms with Gasteiger partial charge in [-0.3, -0.25) is 4.79 Å². The van der Waals surface area contributed by atoms with Crippen molar-refractivity contribution in [1.82, 2.24) is 14.8 Å². The summed E-state index contributed by atoms with van der Waals surface area (Å²) in [6.45, 7) is 1.48. The molecule has 0 N–H and O–H groups in total. The normalized spacial score (nSPS) is 14.3. The minimum absolute atomic E-state index is 0.0131. The van der Waals surface area contributed by atoms with E-state index >= 15 is 0 Å². The van der Waals surface area contributed by atoms with Crippen molar-refractivity contribution >= 4 is 40.2 Å². The van der Waals surface area contributed by atoms with Crippen LogP contribution in [0, 0.1) is 0 Å². The number of alkyl halides is 3. The second kappa shape index (κ2) is 7.74. The van der Waals surface area contributed by atoms with Gasteiger partial charge in [0, 0.05) is 11.5 Å². The zero-order valence-corrected chi connectivity index (χ0v) is 17.3. The maximum absolute atomic E-state index is 14.0. The molecule has 3 aromatic rings. The van der Waals surface area contributed by atoms with E-state index in [1.807, 2.05) is 0 Å². The number of benzene rings is 1. The van der Waals surface area contributed by atoms with E-state index in [-0.39, 0.29) is 45.8 Å². The number of carbonyl (C=O) groups excluding carboxylic acids is 1. The molecule has 0 unspecified atom stereocenters. The smallest absolute Gasteiger partial charge is 0.417 e. The zero-order chi connectivity index (χ0) is 21.6. The van der Waals surface area contributed by atoms with Gasteiger partial charge in [-0.1, -0.05) is 29.3 Å². The Kier molecular flexibility index (Phi) is 5.40. The fourth-order valence-corrected chi connectivity index (χ4v) is 3.61. The lowest BCUT2D eigenvalue weighted by molar-refractivity contribution is -0.144. The lowest BCUT2D eigenvalue weighted by Gasteiger charge is -2.12. The number of esters is 1. The summed E-state index contributed by atoms with van der Waals surface area (Å²) in [7, 11) is 0. The van der Waals surface area contributed by atoms with Gasteiger partial charge in [0.05, 0.1) is 39.0 Å². The highest BCUT2D eigenvalue weighted by Crippen LogP contribution is 2.46. The fourth-order valence-electron chi connectivity index (χ4n) is 3.31. The molecule has 10 heteroatoms. The molecule has 5 nitrogen and oxygen atoms in total. The second-order valence-electron chi connectivity index (χ2n) is 7.00. The molecule has 0 spiro atoms. The number of fused-ring (bicyclic) bond motifs is 1. The number of nitrogens with zero attached hydrogens (tertiary/aromatic N) is 3. The van der Waals surface area contributed by atoms with E-state index in [1.54, 1.807) is 6.92 Å². The Bertz CT molecular complexity index is 1140. The van der Waals surface area contributed by atoms with Crippen LogP contribution in [0.4, 0.5) is 13.2 Å². The minimum Gasteiger partial charge on any atom is -0.465 e. The Hall–Kier alpha value is -2.32. The standard InChI is InChI=1S/C20H16Cl2F3N3O2/c1-2-30-16(29)9-28-19-17(18(27-28)10-3-4-10)12(20(23,24)25)8-15(26-19)11-5-6-13(21)14(22)7-11/h5-8,10H,2-4,9H2,1H3. The van der Waals surface area contributed by atoms with Gasteiger partial charge in [-0.25, -0.2) is 9.67 Å². The van der Waals surface area contributed by atoms with Gasteiger partial charge >= 0.3 is 12.1 Å². The SMILES string of the molecule is CCOC(=O)Cn1nc(C2CC2)c2c(C(F)(F)F)cc(-c3ccc(Cl)c(Cl)c3)nc21. The summed E-state index contributed by atoms with van der Waals surface area (Å²) >= 11 is 12.0. The molecule has 1 fully saturated rings. The van der Waals surface area contributed by atoms with Crippen LogP contribution in [0.15, 0.2) is 24.3 Å². The molecule has 2 heterocycles. The van der Waals surface area contributed by atoms with E-state index in [0.717, 1.165) is 18.9 Å². The summed E-state index contributed by atoms with van der Waals surface area (Å²) in [5, 5.41) is 4.73. The predicted molar refractivity (Wildman–Crippen MR) is 107 cm³/mol. The van der Waals surface area contributed by atoms with Crippen molar-refractivity contribution < 1.29 is 22.7 Å². The van der Waals surface area contributed by atoms with Crippen molar-refractivity contribution in [2.24, 2.45) is 0 Å². The van der Waals surface area contributed by atoms with Gasteiger partial charge in [0.2, 0.25) is 0 Å². The average molecular weight is 458 g/mol. The lowest BCUT2D eigenvalue weighted by atomic mass is 10.0. The largest absolute Gasteiger partial charge is 0.465 e. The molecule has 1 aliphatic carbocycles. The number of aromatic nitrogens is 3. The Labute approximate surface area is 179 Å². The Morgan fingerprint density at radius 3 is 2.57 bits per heavy atom. The van der Waals surface area contributed by atoms with Crippen LogP contribution >= 0.6 is 23.2 Å². The van der Waals surface area contributed by atoms with Gasteiger partial charge in [-0.15, -0.1) is 0 Å². The van der Waals surface area contributed by atoms with Gasteiger partial charge < -0.3 is 4.74 Å². The van der Waals surface area contributed by atoms with Crippen molar-refractivity contribution in [3.05, 3.63) is 45.6 Å². The van der Waals surface area contributed by atoms with Gasteiger partial charge in [0.25, 0.3) is 0 Å². The molecule has 0 amide bonds. The van der Waals surface area contributed by atoms with Crippen LogP contribution in [0.3, 0.4) is 0 Å². The molecule has 158 valence electrons. The minimum atomic E-state index is -4.63. The van der Waals surface area contributed by atoms with Crippen LogP contribution in [0.5, 0.6) is 0 Å². The molecular weight excluding hydrogens is 442 g/mol. The molecule has 1 saturated carbocycles. The number of carbonyl (C=O) groups is 1. The van der Waals surface area contributed by atoms with Crippen LogP contribution in [0.2, 0.25) is 10.0 Å². The van der Waals surface area contributed by atoms with Crippen LogP contribution in [0.25, 0.3) is 22.3 Å². The van der Waals surface area contributed by atoms with Gasteiger partial charge in [-0.2, -0.15) is 18.3 Å². The third-order valence-electron chi connectivity index (χ3n) is 4.80.